The van der Waals surface area contributed by atoms with E-state index in [-0.39, 0.29) is 37.2 Å². The molecule has 6 rings (SSSR count). The molecular weight excluding hydrogens is 508 g/mol. The molecule has 0 radical (unpaired) electrons. The Labute approximate surface area is 219 Å². The molecule has 4 aromatic rings. The van der Waals surface area contributed by atoms with Crippen LogP contribution in [-0.2, 0) is 21.3 Å². The number of rotatable bonds is 6. The van der Waals surface area contributed by atoms with Gasteiger partial charge in [0.25, 0.3) is 5.91 Å². The summed E-state index contributed by atoms with van der Waals surface area (Å²) >= 11 is 0. The number of fused-ring (bicyclic) bond motifs is 2. The van der Waals surface area contributed by atoms with E-state index >= 15 is 0 Å². The average molecular weight is 533 g/mol. The molecule has 0 saturated carbocycles. The van der Waals surface area contributed by atoms with Crippen LogP contribution < -0.4 is 14.8 Å². The average Bonchev–Trinajstić information content (AvgIpc) is 3.44. The van der Waals surface area contributed by atoms with Crippen molar-refractivity contribution in [2.75, 3.05) is 33.1 Å². The van der Waals surface area contributed by atoms with E-state index in [4.69, 9.17) is 14.2 Å². The highest BCUT2D eigenvalue weighted by Gasteiger charge is 2.27. The van der Waals surface area contributed by atoms with Gasteiger partial charge in [-0.1, -0.05) is 12.1 Å². The Morgan fingerprint density at radius 3 is 2.61 bits per heavy atom. The SMILES string of the molecule is O=C(NCc1ccc2c(c1)OCO2)c1cc(-c2ccccn2)nc2ccc(S(=O)(=O)N3CCOCC3)cc12. The Hall–Kier alpha value is -4.06. The van der Waals surface area contributed by atoms with E-state index in [1.54, 1.807) is 36.5 Å². The van der Waals surface area contributed by atoms with Gasteiger partial charge in [0.2, 0.25) is 16.8 Å². The number of hydrogen-bond donors (Lipinski definition) is 1. The molecule has 0 atom stereocenters. The number of pyridine rings is 2. The van der Waals surface area contributed by atoms with E-state index in [9.17, 15) is 13.2 Å². The van der Waals surface area contributed by atoms with Crippen molar-refractivity contribution in [3.8, 4) is 22.9 Å². The van der Waals surface area contributed by atoms with Crippen LogP contribution in [-0.4, -0.2) is 61.7 Å². The lowest BCUT2D eigenvalue weighted by Gasteiger charge is -2.26. The first-order valence-electron chi connectivity index (χ1n) is 12.1. The molecule has 0 aliphatic carbocycles. The van der Waals surface area contributed by atoms with Gasteiger partial charge >= 0.3 is 0 Å². The molecule has 1 amide bonds. The summed E-state index contributed by atoms with van der Waals surface area (Å²) < 4.78 is 44.1. The summed E-state index contributed by atoms with van der Waals surface area (Å²) in [6.07, 6.45) is 1.65. The Balaban J connectivity index is 1.38. The number of aromatic nitrogens is 2. The van der Waals surface area contributed by atoms with Gasteiger partial charge in [0.15, 0.2) is 11.5 Å². The largest absolute Gasteiger partial charge is 0.454 e. The summed E-state index contributed by atoms with van der Waals surface area (Å²) in [7, 11) is -3.76. The summed E-state index contributed by atoms with van der Waals surface area (Å²) in [5.41, 5.74) is 2.73. The standard InChI is InChI=1S/C27H24N4O6S/c32-27(29-16-18-4-7-25-26(13-18)37-17-36-25)21-15-24(23-3-1-2-8-28-23)30-22-6-5-19(14-20(21)22)38(33,34)31-9-11-35-12-10-31/h1-8,13-15H,9-12,16-17H2,(H,29,32). The number of carbonyl (C=O) groups excluding carboxylic acids is 1. The van der Waals surface area contributed by atoms with Crippen LogP contribution in [0.5, 0.6) is 11.5 Å². The summed E-state index contributed by atoms with van der Waals surface area (Å²) in [6.45, 7) is 1.65. The number of ether oxygens (including phenoxy) is 3. The second kappa shape index (κ2) is 10.0. The van der Waals surface area contributed by atoms with Gasteiger partial charge in [0.05, 0.1) is 40.6 Å². The van der Waals surface area contributed by atoms with Crippen molar-refractivity contribution in [1.82, 2.24) is 19.6 Å². The maximum atomic E-state index is 13.5. The quantitative estimate of drug-likeness (QED) is 0.403. The minimum Gasteiger partial charge on any atom is -0.454 e. The Morgan fingerprint density at radius 2 is 1.79 bits per heavy atom. The Bertz CT molecular complexity index is 1620. The molecule has 194 valence electrons. The maximum Gasteiger partial charge on any atom is 0.252 e. The van der Waals surface area contributed by atoms with Crippen LogP contribution in [0.4, 0.5) is 0 Å². The van der Waals surface area contributed by atoms with E-state index in [1.807, 2.05) is 18.2 Å². The van der Waals surface area contributed by atoms with Gasteiger partial charge in [0, 0.05) is 31.2 Å². The number of hydrogen-bond acceptors (Lipinski definition) is 8. The Kier molecular flexibility index (Phi) is 6.40. The van der Waals surface area contributed by atoms with E-state index < -0.39 is 10.0 Å². The topological polar surface area (TPSA) is 120 Å². The minimum atomic E-state index is -3.76. The van der Waals surface area contributed by atoms with Crippen LogP contribution in [0.1, 0.15) is 15.9 Å². The van der Waals surface area contributed by atoms with Crippen molar-refractivity contribution in [2.24, 2.45) is 0 Å². The van der Waals surface area contributed by atoms with Crippen LogP contribution in [0.3, 0.4) is 0 Å². The van der Waals surface area contributed by atoms with E-state index in [0.717, 1.165) is 5.56 Å². The molecule has 0 spiro atoms. The lowest BCUT2D eigenvalue weighted by Crippen LogP contribution is -2.40. The van der Waals surface area contributed by atoms with Gasteiger partial charge in [-0.15, -0.1) is 0 Å². The number of benzene rings is 2. The Morgan fingerprint density at radius 1 is 0.947 bits per heavy atom. The number of amides is 1. The third kappa shape index (κ3) is 4.67. The normalized spacial score (nSPS) is 15.5. The molecule has 0 bridgehead atoms. The smallest absolute Gasteiger partial charge is 0.252 e. The van der Waals surface area contributed by atoms with Crippen molar-refractivity contribution in [3.63, 3.8) is 0 Å². The summed E-state index contributed by atoms with van der Waals surface area (Å²) in [6, 6.07) is 17.2. The molecule has 1 saturated heterocycles. The van der Waals surface area contributed by atoms with Gasteiger partial charge < -0.3 is 19.5 Å². The fourth-order valence-corrected chi connectivity index (χ4v) is 5.90. The van der Waals surface area contributed by atoms with Gasteiger partial charge in [-0.25, -0.2) is 13.4 Å². The maximum absolute atomic E-state index is 13.5. The third-order valence-electron chi connectivity index (χ3n) is 6.45. The lowest BCUT2D eigenvalue weighted by molar-refractivity contribution is 0.0730. The fourth-order valence-electron chi connectivity index (χ4n) is 4.46. The third-order valence-corrected chi connectivity index (χ3v) is 8.34. The lowest BCUT2D eigenvalue weighted by atomic mass is 10.1. The second-order valence-corrected chi connectivity index (χ2v) is 10.8. The predicted octanol–water partition coefficient (Wildman–Crippen LogP) is 2.98. The molecule has 4 heterocycles. The molecular formula is C27H24N4O6S. The zero-order valence-electron chi connectivity index (χ0n) is 20.3. The van der Waals surface area contributed by atoms with Gasteiger partial charge in [0.1, 0.15) is 0 Å². The van der Waals surface area contributed by atoms with Crippen LogP contribution in [0.2, 0.25) is 0 Å². The first-order chi connectivity index (χ1) is 18.5. The zero-order chi connectivity index (χ0) is 26.1. The number of nitrogens with zero attached hydrogens (tertiary/aromatic N) is 3. The van der Waals surface area contributed by atoms with E-state index in [1.165, 1.54) is 16.4 Å². The van der Waals surface area contributed by atoms with Crippen molar-refractivity contribution < 1.29 is 27.4 Å². The molecule has 1 fully saturated rings. The van der Waals surface area contributed by atoms with Crippen LogP contribution in [0.25, 0.3) is 22.3 Å². The molecule has 10 nitrogen and oxygen atoms in total. The monoisotopic (exact) mass is 532 g/mol. The molecule has 11 heteroatoms. The van der Waals surface area contributed by atoms with E-state index in [0.29, 0.717) is 52.6 Å². The van der Waals surface area contributed by atoms with Crippen LogP contribution in [0, 0.1) is 0 Å². The highest BCUT2D eigenvalue weighted by molar-refractivity contribution is 7.89. The number of sulfonamides is 1. The highest BCUT2D eigenvalue weighted by atomic mass is 32.2. The van der Waals surface area contributed by atoms with Crippen molar-refractivity contribution in [3.05, 3.63) is 78.0 Å². The summed E-state index contributed by atoms with van der Waals surface area (Å²) in [4.78, 5) is 22.7. The van der Waals surface area contributed by atoms with Gasteiger partial charge in [-0.2, -0.15) is 4.31 Å². The van der Waals surface area contributed by atoms with Crippen molar-refractivity contribution in [2.45, 2.75) is 11.4 Å². The molecule has 2 aromatic carbocycles. The minimum absolute atomic E-state index is 0.101. The number of nitrogens with one attached hydrogen (secondary N) is 1. The van der Waals surface area contributed by atoms with Crippen molar-refractivity contribution in [1.29, 1.82) is 0 Å². The molecule has 38 heavy (non-hydrogen) atoms. The number of morpholine rings is 1. The zero-order valence-corrected chi connectivity index (χ0v) is 21.1. The van der Waals surface area contributed by atoms with Crippen LogP contribution in [0.15, 0.2) is 71.8 Å². The predicted molar refractivity (Wildman–Crippen MR) is 138 cm³/mol. The first-order valence-corrected chi connectivity index (χ1v) is 13.5. The van der Waals surface area contributed by atoms with Crippen molar-refractivity contribution >= 4 is 26.8 Å². The summed E-state index contributed by atoms with van der Waals surface area (Å²) in [5, 5.41) is 3.37. The molecule has 2 aliphatic rings. The second-order valence-electron chi connectivity index (χ2n) is 8.84. The van der Waals surface area contributed by atoms with Gasteiger partial charge in [-0.3, -0.25) is 9.78 Å². The molecule has 2 aromatic heterocycles. The summed E-state index contributed by atoms with van der Waals surface area (Å²) in [5.74, 6) is 0.920. The molecule has 2 aliphatic heterocycles. The van der Waals surface area contributed by atoms with Crippen LogP contribution >= 0.6 is 0 Å². The van der Waals surface area contributed by atoms with Gasteiger partial charge in [-0.05, 0) is 54.1 Å². The number of carbonyl (C=O) groups is 1. The first kappa shape index (κ1) is 24.3. The molecule has 0 unspecified atom stereocenters. The molecule has 1 N–H and O–H groups in total. The van der Waals surface area contributed by atoms with E-state index in [2.05, 4.69) is 15.3 Å². The highest BCUT2D eigenvalue weighted by Crippen LogP contribution is 2.33. The fraction of sp³-hybridized carbons (Fsp3) is 0.222.